The molecule has 0 bridgehead atoms. The van der Waals surface area contributed by atoms with Crippen molar-refractivity contribution in [3.63, 3.8) is 0 Å². The first-order valence-electron chi connectivity index (χ1n) is 7.89. The van der Waals surface area contributed by atoms with Crippen molar-refractivity contribution in [3.05, 3.63) is 24.3 Å². The number of hydrogen-bond donors (Lipinski definition) is 2. The quantitative estimate of drug-likeness (QED) is 0.836. The fraction of sp³-hybridized carbons (Fsp3) is 0.471. The van der Waals surface area contributed by atoms with Gasteiger partial charge in [0.2, 0.25) is 17.7 Å². The second kappa shape index (κ2) is 7.76. The fourth-order valence-electron chi connectivity index (χ4n) is 2.75. The molecule has 0 aliphatic carbocycles. The smallest absolute Gasteiger partial charge is 0.233 e. The van der Waals surface area contributed by atoms with E-state index in [0.717, 1.165) is 25.9 Å². The van der Waals surface area contributed by atoms with Crippen molar-refractivity contribution in [2.45, 2.75) is 33.1 Å². The molecule has 3 amide bonds. The molecule has 1 unspecified atom stereocenters. The summed E-state index contributed by atoms with van der Waals surface area (Å²) in [5.41, 5.74) is 1.16. The van der Waals surface area contributed by atoms with Crippen LogP contribution in [-0.4, -0.2) is 35.7 Å². The average molecular weight is 317 g/mol. The standard InChI is InChI=1S/C17H23N3O3/c1-12-5-4-8-20(11-12)17(23)10-16(22)19-15-7-3-6-14(9-15)18-13(2)21/h3,6-7,9,12H,4-5,8,10-11H2,1-2H3,(H,18,21)(H,19,22). The van der Waals surface area contributed by atoms with Crippen molar-refractivity contribution < 1.29 is 14.4 Å². The van der Waals surface area contributed by atoms with E-state index < -0.39 is 0 Å². The average Bonchev–Trinajstić information content (AvgIpc) is 2.46. The zero-order valence-corrected chi connectivity index (χ0v) is 13.6. The van der Waals surface area contributed by atoms with E-state index in [1.165, 1.54) is 6.92 Å². The molecule has 1 aromatic rings. The summed E-state index contributed by atoms with van der Waals surface area (Å²) >= 11 is 0. The van der Waals surface area contributed by atoms with Gasteiger partial charge < -0.3 is 15.5 Å². The molecule has 2 rings (SSSR count). The SMILES string of the molecule is CC(=O)Nc1cccc(NC(=O)CC(=O)N2CCCC(C)C2)c1. The van der Waals surface area contributed by atoms with Crippen molar-refractivity contribution in [2.75, 3.05) is 23.7 Å². The first kappa shape index (κ1) is 17.0. The molecule has 1 saturated heterocycles. The summed E-state index contributed by atoms with van der Waals surface area (Å²) in [7, 11) is 0. The normalized spacial score (nSPS) is 17.5. The Morgan fingerprint density at radius 1 is 1.22 bits per heavy atom. The van der Waals surface area contributed by atoms with Gasteiger partial charge in [-0.05, 0) is 37.0 Å². The Labute approximate surface area is 136 Å². The summed E-state index contributed by atoms with van der Waals surface area (Å²) in [5.74, 6) is -0.159. The highest BCUT2D eigenvalue weighted by atomic mass is 16.2. The Morgan fingerprint density at radius 3 is 2.57 bits per heavy atom. The van der Waals surface area contributed by atoms with Crippen molar-refractivity contribution in [2.24, 2.45) is 5.92 Å². The number of likely N-dealkylation sites (tertiary alicyclic amines) is 1. The van der Waals surface area contributed by atoms with Crippen molar-refractivity contribution in [3.8, 4) is 0 Å². The molecule has 1 atom stereocenters. The molecular weight excluding hydrogens is 294 g/mol. The predicted octanol–water partition coefficient (Wildman–Crippen LogP) is 2.23. The number of amides is 3. The molecule has 23 heavy (non-hydrogen) atoms. The molecule has 1 heterocycles. The molecule has 1 aliphatic heterocycles. The molecule has 1 fully saturated rings. The molecule has 0 saturated carbocycles. The van der Waals surface area contributed by atoms with Gasteiger partial charge in [-0.1, -0.05) is 13.0 Å². The van der Waals surface area contributed by atoms with Crippen LogP contribution in [0.4, 0.5) is 11.4 Å². The first-order chi connectivity index (χ1) is 10.9. The maximum Gasteiger partial charge on any atom is 0.233 e. The Hall–Kier alpha value is -2.37. The van der Waals surface area contributed by atoms with Gasteiger partial charge in [-0.3, -0.25) is 14.4 Å². The number of carbonyl (C=O) groups excluding carboxylic acids is 3. The van der Waals surface area contributed by atoms with Crippen LogP contribution in [0, 0.1) is 5.92 Å². The number of benzene rings is 1. The van der Waals surface area contributed by atoms with Crippen molar-refractivity contribution in [1.29, 1.82) is 0 Å². The van der Waals surface area contributed by atoms with Gasteiger partial charge in [0.1, 0.15) is 6.42 Å². The molecule has 1 aliphatic rings. The Balaban J connectivity index is 1.89. The van der Waals surface area contributed by atoms with Gasteiger partial charge in [-0.2, -0.15) is 0 Å². The van der Waals surface area contributed by atoms with Crippen LogP contribution < -0.4 is 10.6 Å². The minimum Gasteiger partial charge on any atom is -0.342 e. The topological polar surface area (TPSA) is 78.5 Å². The number of nitrogens with zero attached hydrogens (tertiary/aromatic N) is 1. The lowest BCUT2D eigenvalue weighted by molar-refractivity contribution is -0.136. The first-order valence-corrected chi connectivity index (χ1v) is 7.89. The summed E-state index contributed by atoms with van der Waals surface area (Å²) in [6, 6.07) is 6.84. The van der Waals surface area contributed by atoms with Crippen LogP contribution in [-0.2, 0) is 14.4 Å². The second-order valence-electron chi connectivity index (χ2n) is 6.07. The Bertz CT molecular complexity index is 601. The highest BCUT2D eigenvalue weighted by Gasteiger charge is 2.22. The Morgan fingerprint density at radius 2 is 1.91 bits per heavy atom. The molecule has 0 aromatic heterocycles. The lowest BCUT2D eigenvalue weighted by Gasteiger charge is -2.30. The lowest BCUT2D eigenvalue weighted by Crippen LogP contribution is -2.40. The van der Waals surface area contributed by atoms with Gasteiger partial charge in [0.15, 0.2) is 0 Å². The summed E-state index contributed by atoms with van der Waals surface area (Å²) in [6.45, 7) is 5.00. The minimum atomic E-state index is -0.340. The predicted molar refractivity (Wildman–Crippen MR) is 89.0 cm³/mol. The van der Waals surface area contributed by atoms with E-state index in [4.69, 9.17) is 0 Å². The summed E-state index contributed by atoms with van der Waals surface area (Å²) in [5, 5.41) is 5.35. The number of hydrogen-bond acceptors (Lipinski definition) is 3. The molecule has 0 radical (unpaired) electrons. The summed E-state index contributed by atoms with van der Waals surface area (Å²) in [6.07, 6.45) is 1.97. The third-order valence-corrected chi connectivity index (χ3v) is 3.79. The number of carbonyl (C=O) groups is 3. The molecule has 124 valence electrons. The van der Waals surface area contributed by atoms with Crippen LogP contribution in [0.3, 0.4) is 0 Å². The number of anilines is 2. The van der Waals surface area contributed by atoms with Crippen LogP contribution in [0.25, 0.3) is 0 Å². The van der Waals surface area contributed by atoms with E-state index in [1.54, 1.807) is 29.2 Å². The van der Waals surface area contributed by atoms with E-state index in [0.29, 0.717) is 17.3 Å². The fourth-order valence-corrected chi connectivity index (χ4v) is 2.75. The van der Waals surface area contributed by atoms with Crippen LogP contribution >= 0.6 is 0 Å². The third kappa shape index (κ3) is 5.39. The van der Waals surface area contributed by atoms with E-state index in [9.17, 15) is 14.4 Å². The van der Waals surface area contributed by atoms with Gasteiger partial charge in [0.05, 0.1) is 0 Å². The van der Waals surface area contributed by atoms with Gasteiger partial charge in [-0.25, -0.2) is 0 Å². The highest BCUT2D eigenvalue weighted by molar-refractivity contribution is 6.04. The molecule has 6 heteroatoms. The third-order valence-electron chi connectivity index (χ3n) is 3.79. The zero-order chi connectivity index (χ0) is 16.8. The van der Waals surface area contributed by atoms with Crippen LogP contribution in [0.5, 0.6) is 0 Å². The van der Waals surface area contributed by atoms with Gasteiger partial charge in [0.25, 0.3) is 0 Å². The van der Waals surface area contributed by atoms with E-state index in [-0.39, 0.29) is 24.1 Å². The highest BCUT2D eigenvalue weighted by Crippen LogP contribution is 2.17. The van der Waals surface area contributed by atoms with Crippen molar-refractivity contribution >= 4 is 29.1 Å². The van der Waals surface area contributed by atoms with Gasteiger partial charge >= 0.3 is 0 Å². The zero-order valence-electron chi connectivity index (χ0n) is 13.6. The molecule has 0 spiro atoms. The lowest BCUT2D eigenvalue weighted by atomic mass is 10.00. The van der Waals surface area contributed by atoms with Crippen molar-refractivity contribution in [1.82, 2.24) is 4.90 Å². The molecular formula is C17H23N3O3. The minimum absolute atomic E-state index is 0.132. The molecule has 2 N–H and O–H groups in total. The van der Waals surface area contributed by atoms with Crippen LogP contribution in [0.15, 0.2) is 24.3 Å². The van der Waals surface area contributed by atoms with E-state index in [1.807, 2.05) is 0 Å². The number of nitrogens with one attached hydrogen (secondary N) is 2. The summed E-state index contributed by atoms with van der Waals surface area (Å²) < 4.78 is 0. The van der Waals surface area contributed by atoms with E-state index in [2.05, 4.69) is 17.6 Å². The monoisotopic (exact) mass is 317 g/mol. The van der Waals surface area contributed by atoms with Crippen LogP contribution in [0.1, 0.15) is 33.1 Å². The number of rotatable bonds is 4. The molecule has 1 aromatic carbocycles. The maximum atomic E-state index is 12.2. The summed E-state index contributed by atoms with van der Waals surface area (Å²) in [4.78, 5) is 37.0. The van der Waals surface area contributed by atoms with E-state index >= 15 is 0 Å². The van der Waals surface area contributed by atoms with Gasteiger partial charge in [0, 0.05) is 31.4 Å². The van der Waals surface area contributed by atoms with Gasteiger partial charge in [-0.15, -0.1) is 0 Å². The number of piperidine rings is 1. The second-order valence-corrected chi connectivity index (χ2v) is 6.07. The molecule has 6 nitrogen and oxygen atoms in total. The Kier molecular flexibility index (Phi) is 5.73. The van der Waals surface area contributed by atoms with Crippen LogP contribution in [0.2, 0.25) is 0 Å². The largest absolute Gasteiger partial charge is 0.342 e. The maximum absolute atomic E-state index is 12.2.